The van der Waals surface area contributed by atoms with Crippen molar-refractivity contribution in [2.45, 2.75) is 32.2 Å². The highest BCUT2D eigenvalue weighted by atomic mass is 16.6. The molecule has 26 heavy (non-hydrogen) atoms. The zero-order valence-electron chi connectivity index (χ0n) is 15.0. The Labute approximate surface area is 153 Å². The van der Waals surface area contributed by atoms with Crippen molar-refractivity contribution in [3.8, 4) is 0 Å². The number of aliphatic hydroxyl groups excluding tert-OH is 1. The molecule has 1 atom stereocenters. The number of aryl methyl sites for hydroxylation is 1. The van der Waals surface area contributed by atoms with Crippen molar-refractivity contribution < 1.29 is 9.74 Å². The molecule has 1 fully saturated rings. The first-order valence-corrected chi connectivity index (χ1v) is 9.35. The summed E-state index contributed by atoms with van der Waals surface area (Å²) >= 11 is 0. The van der Waals surface area contributed by atoms with Crippen LogP contribution in [-0.2, 0) is 13.0 Å². The topological polar surface area (TPSA) is 62.4 Å². The van der Waals surface area contributed by atoms with E-state index in [1.807, 2.05) is 18.2 Å². The molecule has 2 aromatic carbocycles. The maximum Gasteiger partial charge on any atom is 0.139 e. The number of likely N-dealkylation sites (tertiary alicyclic amines) is 1. The Morgan fingerprint density at radius 1 is 1.08 bits per heavy atom. The molecule has 2 heterocycles. The van der Waals surface area contributed by atoms with Crippen molar-refractivity contribution in [2.75, 3.05) is 19.7 Å². The van der Waals surface area contributed by atoms with Gasteiger partial charge in [0, 0.05) is 25.1 Å². The maximum atomic E-state index is 10.2. The Bertz CT molecular complexity index is 849. The van der Waals surface area contributed by atoms with Gasteiger partial charge in [-0.1, -0.05) is 42.5 Å². The number of nitrogens with zero attached hydrogens (tertiary/aromatic N) is 3. The van der Waals surface area contributed by atoms with Crippen LogP contribution in [0, 0.1) is 5.41 Å². The van der Waals surface area contributed by atoms with E-state index in [2.05, 4.69) is 45.5 Å². The van der Waals surface area contributed by atoms with Gasteiger partial charge in [0.1, 0.15) is 11.0 Å². The Hall–Kier alpha value is -2.24. The molecule has 0 aliphatic carbocycles. The van der Waals surface area contributed by atoms with Crippen LogP contribution in [0.15, 0.2) is 53.2 Å². The number of aliphatic hydroxyl groups is 1. The number of piperidine rings is 1. The normalized spacial score (nSPS) is 21.3. The van der Waals surface area contributed by atoms with E-state index in [0.29, 0.717) is 0 Å². The summed E-state index contributed by atoms with van der Waals surface area (Å²) in [7, 11) is 0. The van der Waals surface area contributed by atoms with Gasteiger partial charge in [-0.3, -0.25) is 4.90 Å². The predicted octanol–water partition coefficient (Wildman–Crippen LogP) is 3.43. The largest absolute Gasteiger partial charge is 0.396 e. The standard InChI is InChI=1S/C21H25N3O2/c25-16-21(12-10-17-6-2-1-3-7-17)11-5-13-24(15-21)14-18-8-4-9-19-20(18)23-26-22-19/h1-4,6-9,25H,5,10-16H2/t21-/m0/s1. The number of benzene rings is 2. The summed E-state index contributed by atoms with van der Waals surface area (Å²) in [5.74, 6) is 0. The van der Waals surface area contributed by atoms with Gasteiger partial charge in [-0.15, -0.1) is 0 Å². The van der Waals surface area contributed by atoms with E-state index in [4.69, 9.17) is 4.63 Å². The van der Waals surface area contributed by atoms with Gasteiger partial charge in [-0.25, -0.2) is 4.63 Å². The van der Waals surface area contributed by atoms with Crippen molar-refractivity contribution in [1.29, 1.82) is 0 Å². The summed E-state index contributed by atoms with van der Waals surface area (Å²) in [6.07, 6.45) is 4.22. The van der Waals surface area contributed by atoms with Gasteiger partial charge in [0.2, 0.25) is 0 Å². The molecule has 1 saturated heterocycles. The van der Waals surface area contributed by atoms with Crippen LogP contribution >= 0.6 is 0 Å². The quantitative estimate of drug-likeness (QED) is 0.737. The highest BCUT2D eigenvalue weighted by molar-refractivity contribution is 5.76. The number of aromatic nitrogens is 2. The van der Waals surface area contributed by atoms with Gasteiger partial charge in [0.25, 0.3) is 0 Å². The Kier molecular flexibility index (Phi) is 5.00. The smallest absolute Gasteiger partial charge is 0.139 e. The van der Waals surface area contributed by atoms with E-state index in [-0.39, 0.29) is 12.0 Å². The van der Waals surface area contributed by atoms with E-state index in [9.17, 15) is 5.11 Å². The highest BCUT2D eigenvalue weighted by Crippen LogP contribution is 2.35. The minimum Gasteiger partial charge on any atom is -0.396 e. The second-order valence-electron chi connectivity index (χ2n) is 7.51. The number of hydrogen-bond donors (Lipinski definition) is 1. The molecule has 4 rings (SSSR count). The molecule has 1 aromatic heterocycles. The van der Waals surface area contributed by atoms with Crippen molar-refractivity contribution in [2.24, 2.45) is 5.41 Å². The van der Waals surface area contributed by atoms with Crippen LogP contribution < -0.4 is 0 Å². The van der Waals surface area contributed by atoms with Crippen LogP contribution in [0.5, 0.6) is 0 Å². The predicted molar refractivity (Wildman–Crippen MR) is 101 cm³/mol. The molecular weight excluding hydrogens is 326 g/mol. The monoisotopic (exact) mass is 351 g/mol. The van der Waals surface area contributed by atoms with E-state index in [0.717, 1.165) is 61.9 Å². The van der Waals surface area contributed by atoms with Crippen molar-refractivity contribution >= 4 is 11.0 Å². The number of hydrogen-bond acceptors (Lipinski definition) is 5. The zero-order chi connectivity index (χ0) is 17.8. The molecule has 1 aliphatic rings. The van der Waals surface area contributed by atoms with Crippen molar-refractivity contribution in [3.63, 3.8) is 0 Å². The molecule has 0 bridgehead atoms. The van der Waals surface area contributed by atoms with Crippen LogP contribution in [0.3, 0.4) is 0 Å². The lowest BCUT2D eigenvalue weighted by Gasteiger charge is -2.42. The third-order valence-corrected chi connectivity index (χ3v) is 5.63. The van der Waals surface area contributed by atoms with Gasteiger partial charge < -0.3 is 5.11 Å². The number of rotatable bonds is 6. The first kappa shape index (κ1) is 17.2. The molecule has 136 valence electrons. The van der Waals surface area contributed by atoms with E-state index in [1.54, 1.807) is 0 Å². The van der Waals surface area contributed by atoms with Gasteiger partial charge >= 0.3 is 0 Å². The van der Waals surface area contributed by atoms with Crippen LogP contribution in [0.1, 0.15) is 30.4 Å². The van der Waals surface area contributed by atoms with Gasteiger partial charge in [0.15, 0.2) is 0 Å². The Morgan fingerprint density at radius 3 is 2.81 bits per heavy atom. The van der Waals surface area contributed by atoms with Gasteiger partial charge in [-0.2, -0.15) is 0 Å². The van der Waals surface area contributed by atoms with Gasteiger partial charge in [0.05, 0.1) is 0 Å². The van der Waals surface area contributed by atoms with E-state index >= 15 is 0 Å². The molecule has 3 aromatic rings. The molecular formula is C21H25N3O2. The van der Waals surface area contributed by atoms with E-state index < -0.39 is 0 Å². The molecule has 0 radical (unpaired) electrons. The zero-order valence-corrected chi connectivity index (χ0v) is 15.0. The van der Waals surface area contributed by atoms with Gasteiger partial charge in [-0.05, 0) is 59.7 Å². The SMILES string of the molecule is OC[C@]1(CCc2ccccc2)CCCN(Cc2cccc3nonc23)C1. The van der Waals surface area contributed by atoms with Crippen LogP contribution in [0.4, 0.5) is 0 Å². The van der Waals surface area contributed by atoms with Crippen LogP contribution in [-0.4, -0.2) is 40.0 Å². The van der Waals surface area contributed by atoms with Crippen LogP contribution in [0.2, 0.25) is 0 Å². The summed E-state index contributed by atoms with van der Waals surface area (Å²) in [5, 5.41) is 18.2. The first-order chi connectivity index (χ1) is 12.8. The Morgan fingerprint density at radius 2 is 1.96 bits per heavy atom. The molecule has 1 N–H and O–H groups in total. The van der Waals surface area contributed by atoms with Crippen molar-refractivity contribution in [1.82, 2.24) is 15.2 Å². The second kappa shape index (κ2) is 7.56. The number of fused-ring (bicyclic) bond motifs is 1. The fraction of sp³-hybridized carbons (Fsp3) is 0.429. The summed E-state index contributed by atoms with van der Waals surface area (Å²) in [4.78, 5) is 2.44. The average molecular weight is 351 g/mol. The second-order valence-corrected chi connectivity index (χ2v) is 7.51. The third-order valence-electron chi connectivity index (χ3n) is 5.63. The summed E-state index contributed by atoms with van der Waals surface area (Å²) in [6, 6.07) is 16.6. The molecule has 0 unspecified atom stereocenters. The minimum atomic E-state index is -0.0237. The average Bonchev–Trinajstić information content (AvgIpc) is 3.17. The Balaban J connectivity index is 1.46. The lowest BCUT2D eigenvalue weighted by molar-refractivity contribution is 0.0225. The molecule has 0 spiro atoms. The van der Waals surface area contributed by atoms with Crippen molar-refractivity contribution in [3.05, 3.63) is 59.7 Å². The van der Waals surface area contributed by atoms with E-state index in [1.165, 1.54) is 5.56 Å². The lowest BCUT2D eigenvalue weighted by Crippen LogP contribution is -2.45. The third kappa shape index (κ3) is 3.64. The first-order valence-electron chi connectivity index (χ1n) is 9.35. The maximum absolute atomic E-state index is 10.2. The minimum absolute atomic E-state index is 0.0237. The molecule has 0 saturated carbocycles. The summed E-state index contributed by atoms with van der Waals surface area (Å²) in [6.45, 7) is 3.03. The fourth-order valence-electron chi connectivity index (χ4n) is 4.14. The molecule has 5 nitrogen and oxygen atoms in total. The summed E-state index contributed by atoms with van der Waals surface area (Å²) in [5.41, 5.74) is 4.11. The lowest BCUT2D eigenvalue weighted by atomic mass is 9.76. The fourth-order valence-corrected chi connectivity index (χ4v) is 4.14. The van der Waals surface area contributed by atoms with Crippen LogP contribution in [0.25, 0.3) is 11.0 Å². The highest BCUT2D eigenvalue weighted by Gasteiger charge is 2.34. The summed E-state index contributed by atoms with van der Waals surface area (Å²) < 4.78 is 4.89. The molecule has 1 aliphatic heterocycles. The molecule has 5 heteroatoms. The molecule has 0 amide bonds.